The fraction of sp³-hybridized carbons (Fsp3) is 0.333. The molecular formula is C21H26N3OS+. The lowest BCUT2D eigenvalue weighted by Crippen LogP contribution is -3.08. The Morgan fingerprint density at radius 3 is 2.69 bits per heavy atom. The molecule has 0 aliphatic carbocycles. The molecule has 26 heavy (non-hydrogen) atoms. The van der Waals surface area contributed by atoms with Crippen LogP contribution in [0.25, 0.3) is 10.2 Å². The van der Waals surface area contributed by atoms with Crippen molar-refractivity contribution in [2.45, 2.75) is 33.4 Å². The average molecular weight is 369 g/mol. The van der Waals surface area contributed by atoms with Gasteiger partial charge in [-0.05, 0) is 49.6 Å². The third-order valence-electron chi connectivity index (χ3n) is 4.66. The maximum absolute atomic E-state index is 12.4. The van der Waals surface area contributed by atoms with Crippen LogP contribution >= 0.6 is 11.3 Å². The lowest BCUT2D eigenvalue weighted by atomic mass is 10.0. The van der Waals surface area contributed by atoms with Gasteiger partial charge in [0.25, 0.3) is 5.91 Å². The van der Waals surface area contributed by atoms with Crippen LogP contribution in [0.1, 0.15) is 34.7 Å². The second-order valence-corrected chi connectivity index (χ2v) is 8.13. The topological polar surface area (TPSA) is 46.4 Å². The minimum absolute atomic E-state index is 0.0112. The molecule has 3 aromatic rings. The van der Waals surface area contributed by atoms with Crippen molar-refractivity contribution in [1.29, 1.82) is 0 Å². The van der Waals surface area contributed by atoms with Crippen molar-refractivity contribution >= 4 is 27.5 Å². The van der Waals surface area contributed by atoms with E-state index in [9.17, 15) is 4.79 Å². The molecule has 0 bridgehead atoms. The summed E-state index contributed by atoms with van der Waals surface area (Å²) in [7, 11) is 2.03. The number of hydrogen-bond acceptors (Lipinski definition) is 3. The van der Waals surface area contributed by atoms with Crippen molar-refractivity contribution in [3.05, 3.63) is 64.2 Å². The van der Waals surface area contributed by atoms with E-state index in [4.69, 9.17) is 0 Å². The molecular weight excluding hydrogens is 342 g/mol. The van der Waals surface area contributed by atoms with Crippen LogP contribution in [0, 0.1) is 13.8 Å². The van der Waals surface area contributed by atoms with E-state index in [2.05, 4.69) is 48.4 Å². The number of aromatic nitrogens is 1. The highest BCUT2D eigenvalue weighted by molar-refractivity contribution is 7.18. The molecule has 0 radical (unpaired) electrons. The van der Waals surface area contributed by atoms with E-state index < -0.39 is 0 Å². The molecule has 0 fully saturated rings. The number of hydrogen-bond donors (Lipinski definition) is 2. The predicted octanol–water partition coefficient (Wildman–Crippen LogP) is 2.81. The zero-order valence-electron chi connectivity index (χ0n) is 15.8. The monoisotopic (exact) mass is 368 g/mol. The predicted molar refractivity (Wildman–Crippen MR) is 108 cm³/mol. The Hall–Kier alpha value is -2.24. The minimum atomic E-state index is 0.0112. The third-order valence-corrected chi connectivity index (χ3v) is 5.70. The fourth-order valence-electron chi connectivity index (χ4n) is 3.00. The molecule has 0 aliphatic heterocycles. The summed E-state index contributed by atoms with van der Waals surface area (Å²) in [5.74, 6) is 0.0642. The number of quaternary nitrogens is 1. The zero-order chi connectivity index (χ0) is 18.7. The average Bonchev–Trinajstić information content (AvgIpc) is 2.98. The van der Waals surface area contributed by atoms with Gasteiger partial charge in [-0.1, -0.05) is 30.3 Å². The van der Waals surface area contributed by atoms with Crippen LogP contribution < -0.4 is 10.2 Å². The van der Waals surface area contributed by atoms with E-state index in [0.717, 1.165) is 27.5 Å². The van der Waals surface area contributed by atoms with Crippen molar-refractivity contribution < 1.29 is 9.69 Å². The summed E-state index contributed by atoms with van der Waals surface area (Å²) >= 11 is 1.70. The number of fused-ring (bicyclic) bond motifs is 1. The van der Waals surface area contributed by atoms with Gasteiger partial charge in [-0.3, -0.25) is 4.79 Å². The number of aryl methyl sites for hydroxylation is 2. The van der Waals surface area contributed by atoms with Crippen LogP contribution in [0.3, 0.4) is 0 Å². The summed E-state index contributed by atoms with van der Waals surface area (Å²) in [5.41, 5.74) is 4.70. The number of rotatable bonds is 6. The van der Waals surface area contributed by atoms with Gasteiger partial charge in [0.1, 0.15) is 11.6 Å². The van der Waals surface area contributed by atoms with Crippen molar-refractivity contribution in [1.82, 2.24) is 10.3 Å². The Balaban J connectivity index is 1.55. The number of carbonyl (C=O) groups is 1. The molecule has 2 aromatic carbocycles. The van der Waals surface area contributed by atoms with Gasteiger partial charge in [0.2, 0.25) is 0 Å². The summed E-state index contributed by atoms with van der Waals surface area (Å²) in [6.07, 6.45) is 0. The van der Waals surface area contributed by atoms with Gasteiger partial charge in [0.15, 0.2) is 6.54 Å². The molecule has 2 N–H and O–H groups in total. The van der Waals surface area contributed by atoms with Gasteiger partial charge >= 0.3 is 0 Å². The molecule has 1 aromatic heterocycles. The normalized spacial score (nSPS) is 13.5. The summed E-state index contributed by atoms with van der Waals surface area (Å²) in [5, 5.41) is 4.18. The van der Waals surface area contributed by atoms with E-state index in [1.807, 2.05) is 32.2 Å². The minimum Gasteiger partial charge on any atom is -0.345 e. The third kappa shape index (κ3) is 4.48. The smallest absolute Gasteiger partial charge is 0.275 e. The van der Waals surface area contributed by atoms with E-state index in [0.29, 0.717) is 6.54 Å². The van der Waals surface area contributed by atoms with Gasteiger partial charge in [-0.25, -0.2) is 4.98 Å². The van der Waals surface area contributed by atoms with Crippen molar-refractivity contribution in [2.75, 3.05) is 13.6 Å². The van der Waals surface area contributed by atoms with Crippen molar-refractivity contribution in [3.63, 3.8) is 0 Å². The summed E-state index contributed by atoms with van der Waals surface area (Å²) in [6.45, 7) is 7.42. The molecule has 0 saturated heterocycles. The first-order chi connectivity index (χ1) is 12.4. The van der Waals surface area contributed by atoms with Gasteiger partial charge < -0.3 is 10.2 Å². The van der Waals surface area contributed by atoms with Crippen LogP contribution in [-0.2, 0) is 11.3 Å². The van der Waals surface area contributed by atoms with Gasteiger partial charge in [0.05, 0.1) is 23.3 Å². The lowest BCUT2D eigenvalue weighted by molar-refractivity contribution is -0.885. The Kier molecular flexibility index (Phi) is 5.69. The second kappa shape index (κ2) is 7.98. The Labute approximate surface area is 158 Å². The maximum Gasteiger partial charge on any atom is 0.275 e. The SMILES string of the molecule is Cc1ccc([C@@H](C)NC(=O)C[NH+](C)Cc2nc3ccccc3s2)cc1C. The zero-order valence-corrected chi connectivity index (χ0v) is 16.6. The van der Waals surface area contributed by atoms with Crippen LogP contribution in [-0.4, -0.2) is 24.5 Å². The maximum atomic E-state index is 12.4. The van der Waals surface area contributed by atoms with E-state index in [-0.39, 0.29) is 11.9 Å². The van der Waals surface area contributed by atoms with Gasteiger partial charge in [0, 0.05) is 0 Å². The molecule has 2 atom stereocenters. The van der Waals surface area contributed by atoms with Crippen molar-refractivity contribution in [3.8, 4) is 0 Å². The molecule has 0 spiro atoms. The lowest BCUT2D eigenvalue weighted by Gasteiger charge is -2.17. The first-order valence-corrected chi connectivity index (χ1v) is 9.76. The number of carbonyl (C=O) groups excluding carboxylic acids is 1. The number of benzene rings is 2. The molecule has 1 unspecified atom stereocenters. The molecule has 4 nitrogen and oxygen atoms in total. The van der Waals surface area contributed by atoms with Crippen LogP contribution in [0.2, 0.25) is 0 Å². The molecule has 136 valence electrons. The van der Waals surface area contributed by atoms with Crippen LogP contribution in [0.4, 0.5) is 0 Å². The summed E-state index contributed by atoms with van der Waals surface area (Å²) in [4.78, 5) is 18.2. The van der Waals surface area contributed by atoms with Crippen LogP contribution in [0.15, 0.2) is 42.5 Å². The number of nitrogens with zero attached hydrogens (tertiary/aromatic N) is 1. The first kappa shape index (κ1) is 18.5. The number of para-hydroxylation sites is 1. The molecule has 1 heterocycles. The molecule has 1 amide bonds. The molecule has 5 heteroatoms. The van der Waals surface area contributed by atoms with Crippen LogP contribution in [0.5, 0.6) is 0 Å². The Bertz CT molecular complexity index is 886. The Morgan fingerprint density at radius 2 is 1.96 bits per heavy atom. The Morgan fingerprint density at radius 1 is 1.19 bits per heavy atom. The molecule has 0 aliphatic rings. The first-order valence-electron chi connectivity index (χ1n) is 8.94. The largest absolute Gasteiger partial charge is 0.345 e. The van der Waals surface area contributed by atoms with E-state index >= 15 is 0 Å². The standard InChI is InChI=1S/C21H25N3OS/c1-14-9-10-17(11-15(14)2)16(3)22-20(25)12-24(4)13-21-23-18-7-5-6-8-19(18)26-21/h5-11,16H,12-13H2,1-4H3,(H,22,25)/p+1/t16-/m1/s1. The highest BCUT2D eigenvalue weighted by atomic mass is 32.1. The number of nitrogens with one attached hydrogen (secondary N) is 2. The number of likely N-dealkylation sites (N-methyl/N-ethyl adjacent to an activating group) is 1. The number of thiazole rings is 1. The van der Waals surface area contributed by atoms with E-state index in [1.165, 1.54) is 15.8 Å². The highest BCUT2D eigenvalue weighted by Gasteiger charge is 2.16. The van der Waals surface area contributed by atoms with Crippen molar-refractivity contribution in [2.24, 2.45) is 0 Å². The molecule has 0 saturated carbocycles. The van der Waals surface area contributed by atoms with Gasteiger partial charge in [-0.15, -0.1) is 11.3 Å². The fourth-order valence-corrected chi connectivity index (χ4v) is 4.08. The summed E-state index contributed by atoms with van der Waals surface area (Å²) in [6, 6.07) is 14.5. The molecule has 3 rings (SSSR count). The highest BCUT2D eigenvalue weighted by Crippen LogP contribution is 2.20. The second-order valence-electron chi connectivity index (χ2n) is 7.02. The quantitative estimate of drug-likeness (QED) is 0.703. The van der Waals surface area contributed by atoms with Gasteiger partial charge in [-0.2, -0.15) is 0 Å². The van der Waals surface area contributed by atoms with E-state index in [1.54, 1.807) is 11.3 Å². The summed E-state index contributed by atoms with van der Waals surface area (Å²) < 4.78 is 1.20. The number of amides is 1.